The van der Waals surface area contributed by atoms with Crippen molar-refractivity contribution < 1.29 is 0 Å². The van der Waals surface area contributed by atoms with Crippen molar-refractivity contribution in [1.29, 1.82) is 0 Å². The van der Waals surface area contributed by atoms with Gasteiger partial charge in [0.2, 0.25) is 0 Å². The third-order valence-electron chi connectivity index (χ3n) is 3.91. The van der Waals surface area contributed by atoms with E-state index in [1.807, 2.05) is 0 Å². The number of hydrogen-bond donors (Lipinski definition) is 0. The molecular formula is C13H25N. The maximum atomic E-state index is 2.81. The Morgan fingerprint density at radius 1 is 0.929 bits per heavy atom. The maximum absolute atomic E-state index is 2.81. The van der Waals surface area contributed by atoms with Gasteiger partial charge < -0.3 is 0 Å². The highest BCUT2D eigenvalue weighted by Crippen LogP contribution is 2.47. The first-order valence-corrected chi connectivity index (χ1v) is 6.12. The van der Waals surface area contributed by atoms with Gasteiger partial charge in [0, 0.05) is 17.1 Å². The molecule has 2 rings (SSSR count). The minimum Gasteiger partial charge on any atom is -0.290 e. The Balaban J connectivity index is 2.23. The van der Waals surface area contributed by atoms with Gasteiger partial charge in [-0.05, 0) is 59.3 Å². The summed E-state index contributed by atoms with van der Waals surface area (Å²) < 4.78 is 0. The molecule has 2 fully saturated rings. The lowest BCUT2D eigenvalue weighted by molar-refractivity contribution is -0.0544. The Morgan fingerprint density at radius 2 is 1.36 bits per heavy atom. The van der Waals surface area contributed by atoms with Crippen molar-refractivity contribution >= 4 is 0 Å². The predicted molar refractivity (Wildman–Crippen MR) is 61.4 cm³/mol. The second-order valence-electron chi connectivity index (χ2n) is 6.74. The van der Waals surface area contributed by atoms with Crippen LogP contribution < -0.4 is 0 Å². The van der Waals surface area contributed by atoms with E-state index >= 15 is 0 Å². The van der Waals surface area contributed by atoms with Crippen LogP contribution in [0.2, 0.25) is 0 Å². The lowest BCUT2D eigenvalue weighted by atomic mass is 9.74. The fraction of sp³-hybridized carbons (Fsp3) is 1.00. The van der Waals surface area contributed by atoms with E-state index in [9.17, 15) is 0 Å². The zero-order valence-electron chi connectivity index (χ0n) is 10.4. The van der Waals surface area contributed by atoms with Gasteiger partial charge in [-0.25, -0.2) is 0 Å². The lowest BCUT2D eigenvalue weighted by Gasteiger charge is -2.55. The van der Waals surface area contributed by atoms with Crippen molar-refractivity contribution in [3.63, 3.8) is 0 Å². The molecule has 1 aliphatic heterocycles. The van der Waals surface area contributed by atoms with Gasteiger partial charge in [0.05, 0.1) is 0 Å². The minimum atomic E-state index is 0.419. The highest BCUT2D eigenvalue weighted by Gasteiger charge is 2.49. The third kappa shape index (κ3) is 1.71. The molecule has 82 valence electrons. The van der Waals surface area contributed by atoms with Gasteiger partial charge >= 0.3 is 0 Å². The Hall–Kier alpha value is -0.0400. The zero-order chi connectivity index (χ0) is 10.6. The summed E-state index contributed by atoms with van der Waals surface area (Å²) in [6, 6.07) is 0.896. The summed E-state index contributed by atoms with van der Waals surface area (Å²) in [6.45, 7) is 12.1. The first kappa shape index (κ1) is 10.5. The van der Waals surface area contributed by atoms with Crippen LogP contribution in [0.25, 0.3) is 0 Å². The van der Waals surface area contributed by atoms with Gasteiger partial charge in [0.25, 0.3) is 0 Å². The molecule has 0 N–H and O–H groups in total. The van der Waals surface area contributed by atoms with E-state index in [1.54, 1.807) is 0 Å². The number of nitrogens with zero attached hydrogens (tertiary/aromatic N) is 1. The van der Waals surface area contributed by atoms with Crippen LogP contribution in [0.1, 0.15) is 60.3 Å². The highest BCUT2D eigenvalue weighted by molar-refractivity contribution is 5.05. The molecule has 1 heterocycles. The van der Waals surface area contributed by atoms with Gasteiger partial charge in [0.1, 0.15) is 0 Å². The Labute approximate surface area is 88.9 Å². The Bertz CT molecular complexity index is 207. The molecule has 1 nitrogen and oxygen atoms in total. The number of piperidine rings is 1. The SMILES string of the molecule is CC1CC(C)(C)N(C2CC2)C(C)(C)C1. The molecule has 0 aromatic heterocycles. The molecule has 0 aromatic rings. The van der Waals surface area contributed by atoms with E-state index < -0.39 is 0 Å². The second-order valence-corrected chi connectivity index (χ2v) is 6.74. The normalized spacial score (nSPS) is 33.2. The van der Waals surface area contributed by atoms with Crippen molar-refractivity contribution in [3.05, 3.63) is 0 Å². The van der Waals surface area contributed by atoms with E-state index in [4.69, 9.17) is 0 Å². The lowest BCUT2D eigenvalue weighted by Crippen LogP contribution is -2.61. The summed E-state index contributed by atoms with van der Waals surface area (Å²) in [7, 11) is 0. The fourth-order valence-electron chi connectivity index (χ4n) is 4.11. The van der Waals surface area contributed by atoms with Crippen molar-refractivity contribution in [2.45, 2.75) is 77.4 Å². The van der Waals surface area contributed by atoms with Crippen molar-refractivity contribution in [2.24, 2.45) is 5.92 Å². The third-order valence-corrected chi connectivity index (χ3v) is 3.91. The quantitative estimate of drug-likeness (QED) is 0.619. The van der Waals surface area contributed by atoms with Gasteiger partial charge in [0.15, 0.2) is 0 Å². The number of hydrogen-bond acceptors (Lipinski definition) is 1. The molecule has 1 heteroatoms. The van der Waals surface area contributed by atoms with Crippen LogP contribution in [0.4, 0.5) is 0 Å². The summed E-state index contributed by atoms with van der Waals surface area (Å²) in [5.74, 6) is 0.884. The summed E-state index contributed by atoms with van der Waals surface area (Å²) in [5.41, 5.74) is 0.838. The van der Waals surface area contributed by atoms with E-state index in [2.05, 4.69) is 39.5 Å². The smallest absolute Gasteiger partial charge is 0.0164 e. The average molecular weight is 195 g/mol. The van der Waals surface area contributed by atoms with Crippen LogP contribution in [0.3, 0.4) is 0 Å². The summed E-state index contributed by atoms with van der Waals surface area (Å²) in [5, 5.41) is 0. The molecule has 0 aromatic carbocycles. The molecule has 0 bridgehead atoms. The second kappa shape index (κ2) is 2.98. The molecule has 2 aliphatic rings. The number of likely N-dealkylation sites (tertiary alicyclic amines) is 1. The van der Waals surface area contributed by atoms with E-state index in [1.165, 1.54) is 25.7 Å². The first-order valence-electron chi connectivity index (χ1n) is 6.12. The number of rotatable bonds is 1. The largest absolute Gasteiger partial charge is 0.290 e. The summed E-state index contributed by atoms with van der Waals surface area (Å²) in [4.78, 5) is 2.81. The summed E-state index contributed by atoms with van der Waals surface area (Å²) >= 11 is 0. The van der Waals surface area contributed by atoms with Gasteiger partial charge in [-0.3, -0.25) is 4.90 Å². The molecule has 0 radical (unpaired) electrons. The topological polar surface area (TPSA) is 3.24 Å². The average Bonchev–Trinajstić information content (AvgIpc) is 2.62. The monoisotopic (exact) mass is 195 g/mol. The maximum Gasteiger partial charge on any atom is 0.0164 e. The molecule has 1 saturated carbocycles. The van der Waals surface area contributed by atoms with Gasteiger partial charge in [-0.15, -0.1) is 0 Å². The van der Waals surface area contributed by atoms with Crippen LogP contribution >= 0.6 is 0 Å². The highest BCUT2D eigenvalue weighted by atomic mass is 15.3. The molecule has 14 heavy (non-hydrogen) atoms. The van der Waals surface area contributed by atoms with Gasteiger partial charge in [-0.1, -0.05) is 6.92 Å². The Kier molecular flexibility index (Phi) is 2.23. The zero-order valence-corrected chi connectivity index (χ0v) is 10.4. The summed E-state index contributed by atoms with van der Waals surface area (Å²) in [6.07, 6.45) is 5.60. The van der Waals surface area contributed by atoms with Gasteiger partial charge in [-0.2, -0.15) is 0 Å². The molecule has 1 saturated heterocycles. The minimum absolute atomic E-state index is 0.419. The van der Waals surface area contributed by atoms with E-state index in [0.717, 1.165) is 12.0 Å². The van der Waals surface area contributed by atoms with Crippen LogP contribution in [0, 0.1) is 5.92 Å². The van der Waals surface area contributed by atoms with Crippen molar-refractivity contribution in [3.8, 4) is 0 Å². The molecule has 0 amide bonds. The fourth-order valence-corrected chi connectivity index (χ4v) is 4.11. The van der Waals surface area contributed by atoms with Crippen LogP contribution in [-0.2, 0) is 0 Å². The molecule has 0 unspecified atom stereocenters. The van der Waals surface area contributed by atoms with E-state index in [-0.39, 0.29) is 0 Å². The van der Waals surface area contributed by atoms with Crippen LogP contribution in [0.5, 0.6) is 0 Å². The first-order chi connectivity index (χ1) is 6.33. The van der Waals surface area contributed by atoms with E-state index in [0.29, 0.717) is 11.1 Å². The van der Waals surface area contributed by atoms with Crippen molar-refractivity contribution in [1.82, 2.24) is 4.90 Å². The predicted octanol–water partition coefficient (Wildman–Crippen LogP) is 3.44. The van der Waals surface area contributed by atoms with Crippen LogP contribution in [0.15, 0.2) is 0 Å². The standard InChI is InChI=1S/C13H25N/c1-10-8-12(2,3)14(11-6-7-11)13(4,5)9-10/h10-11H,6-9H2,1-5H3. The molecule has 1 aliphatic carbocycles. The molecule has 0 atom stereocenters. The Morgan fingerprint density at radius 3 is 1.71 bits per heavy atom. The molecular weight excluding hydrogens is 170 g/mol. The molecule has 0 spiro atoms. The van der Waals surface area contributed by atoms with Crippen molar-refractivity contribution in [2.75, 3.05) is 0 Å². The van der Waals surface area contributed by atoms with Crippen LogP contribution in [-0.4, -0.2) is 22.0 Å².